The summed E-state index contributed by atoms with van der Waals surface area (Å²) in [5, 5.41) is 12.4. The van der Waals surface area contributed by atoms with Crippen molar-refractivity contribution < 1.29 is 9.63 Å². The summed E-state index contributed by atoms with van der Waals surface area (Å²) in [6.45, 7) is 5.08. The molecule has 14 heavy (non-hydrogen) atoms. The van der Waals surface area contributed by atoms with Crippen molar-refractivity contribution in [2.45, 2.75) is 40.0 Å². The van der Waals surface area contributed by atoms with Crippen LogP contribution in [-0.4, -0.2) is 11.7 Å². The van der Waals surface area contributed by atoms with Gasteiger partial charge >= 0.3 is 5.97 Å². The average molecular weight is 196 g/mol. The highest BCUT2D eigenvalue weighted by atomic mass is 16.7. The number of hydrogen-bond donors (Lipinski definition) is 0. The molecule has 0 saturated carbocycles. The van der Waals surface area contributed by atoms with E-state index in [2.05, 4.69) is 16.1 Å². The number of carbonyl (C=O) groups is 1. The number of rotatable bonds is 5. The molecule has 0 aromatic heterocycles. The van der Waals surface area contributed by atoms with Crippen LogP contribution in [0.1, 0.15) is 40.0 Å². The van der Waals surface area contributed by atoms with E-state index in [1.165, 1.54) is 6.92 Å². The number of nitrogens with zero attached hydrogens (tertiary/aromatic N) is 2. The second kappa shape index (κ2) is 7.07. The molecule has 0 amide bonds. The molecule has 0 aromatic carbocycles. The van der Waals surface area contributed by atoms with E-state index in [9.17, 15) is 4.79 Å². The molecule has 0 rings (SSSR count). The summed E-state index contributed by atoms with van der Waals surface area (Å²) < 4.78 is 0. The number of oxime groups is 1. The van der Waals surface area contributed by atoms with E-state index in [1.54, 1.807) is 6.92 Å². The van der Waals surface area contributed by atoms with Crippen LogP contribution in [0.25, 0.3) is 0 Å². The molecule has 0 saturated heterocycles. The van der Waals surface area contributed by atoms with Crippen molar-refractivity contribution in [1.29, 1.82) is 5.26 Å². The first-order valence-electron chi connectivity index (χ1n) is 4.70. The van der Waals surface area contributed by atoms with Gasteiger partial charge in [-0.3, -0.25) is 0 Å². The summed E-state index contributed by atoms with van der Waals surface area (Å²) in [5.74, 6) is -0.465. The normalized spacial score (nSPS) is 13.1. The second-order valence-corrected chi connectivity index (χ2v) is 3.23. The van der Waals surface area contributed by atoms with Gasteiger partial charge in [-0.1, -0.05) is 18.5 Å². The topological polar surface area (TPSA) is 62.4 Å². The van der Waals surface area contributed by atoms with E-state index in [1.807, 2.05) is 6.92 Å². The van der Waals surface area contributed by atoms with Gasteiger partial charge in [-0.2, -0.15) is 5.26 Å². The molecule has 0 bridgehead atoms. The minimum atomic E-state index is -0.437. The van der Waals surface area contributed by atoms with Crippen LogP contribution < -0.4 is 0 Å². The molecule has 4 nitrogen and oxygen atoms in total. The highest BCUT2D eigenvalue weighted by molar-refractivity contribution is 5.82. The fourth-order valence-electron chi connectivity index (χ4n) is 1.10. The van der Waals surface area contributed by atoms with Gasteiger partial charge in [-0.15, -0.1) is 0 Å². The van der Waals surface area contributed by atoms with Crippen molar-refractivity contribution in [3.8, 4) is 6.07 Å². The molecule has 4 heteroatoms. The molecular formula is C10H16N2O2. The van der Waals surface area contributed by atoms with E-state index >= 15 is 0 Å². The van der Waals surface area contributed by atoms with E-state index in [0.29, 0.717) is 12.1 Å². The van der Waals surface area contributed by atoms with Crippen molar-refractivity contribution >= 4 is 11.7 Å². The third kappa shape index (κ3) is 6.18. The molecule has 0 N–H and O–H groups in total. The van der Waals surface area contributed by atoms with Crippen molar-refractivity contribution in [3.05, 3.63) is 0 Å². The minimum Gasteiger partial charge on any atom is -0.319 e. The second-order valence-electron chi connectivity index (χ2n) is 3.23. The van der Waals surface area contributed by atoms with Crippen molar-refractivity contribution in [2.75, 3.05) is 0 Å². The predicted octanol–water partition coefficient (Wildman–Crippen LogP) is 2.26. The molecule has 0 spiro atoms. The van der Waals surface area contributed by atoms with E-state index in [0.717, 1.165) is 12.8 Å². The van der Waals surface area contributed by atoms with E-state index in [-0.39, 0.29) is 5.92 Å². The molecule has 0 aliphatic heterocycles. The maximum absolute atomic E-state index is 10.4. The zero-order valence-electron chi connectivity index (χ0n) is 8.91. The van der Waals surface area contributed by atoms with E-state index in [4.69, 9.17) is 5.26 Å². The van der Waals surface area contributed by atoms with Crippen LogP contribution >= 0.6 is 0 Å². The van der Waals surface area contributed by atoms with Crippen LogP contribution in [-0.2, 0) is 9.63 Å². The smallest absolute Gasteiger partial charge is 0.319 e. The fourth-order valence-corrected chi connectivity index (χ4v) is 1.10. The Kier molecular flexibility index (Phi) is 6.38. The summed E-state index contributed by atoms with van der Waals surface area (Å²) in [4.78, 5) is 14.9. The first-order chi connectivity index (χ1) is 6.60. The maximum atomic E-state index is 10.4. The quantitative estimate of drug-likeness (QED) is 0.385. The van der Waals surface area contributed by atoms with Crippen LogP contribution in [0.15, 0.2) is 5.16 Å². The SMILES string of the molecule is CCCC(C#N)C/C(C)=N/OC(C)=O. The van der Waals surface area contributed by atoms with Crippen molar-refractivity contribution in [1.82, 2.24) is 0 Å². The molecule has 0 fully saturated rings. The van der Waals surface area contributed by atoms with Crippen LogP contribution in [0.3, 0.4) is 0 Å². The van der Waals surface area contributed by atoms with Crippen LogP contribution in [0.5, 0.6) is 0 Å². The first kappa shape index (κ1) is 12.6. The summed E-state index contributed by atoms with van der Waals surface area (Å²) in [7, 11) is 0. The van der Waals surface area contributed by atoms with Gasteiger partial charge in [0.15, 0.2) is 0 Å². The van der Waals surface area contributed by atoms with Gasteiger partial charge < -0.3 is 4.84 Å². The highest BCUT2D eigenvalue weighted by Crippen LogP contribution is 2.10. The Balaban J connectivity index is 4.02. The number of carbonyl (C=O) groups excluding carboxylic acids is 1. The highest BCUT2D eigenvalue weighted by Gasteiger charge is 2.08. The summed E-state index contributed by atoms with van der Waals surface area (Å²) in [6.07, 6.45) is 2.39. The van der Waals surface area contributed by atoms with Crippen molar-refractivity contribution in [3.63, 3.8) is 0 Å². The number of hydrogen-bond acceptors (Lipinski definition) is 4. The molecule has 0 aliphatic rings. The van der Waals surface area contributed by atoms with Gasteiger partial charge in [0.2, 0.25) is 0 Å². The largest absolute Gasteiger partial charge is 0.331 e. The molecule has 1 unspecified atom stereocenters. The molecule has 1 atom stereocenters. The lowest BCUT2D eigenvalue weighted by Crippen LogP contribution is -2.05. The Hall–Kier alpha value is -1.37. The molecule has 0 heterocycles. The Morgan fingerprint density at radius 1 is 1.57 bits per heavy atom. The third-order valence-corrected chi connectivity index (χ3v) is 1.69. The standard InChI is InChI=1S/C10H16N2O2/c1-4-5-10(7-11)6-8(2)12-14-9(3)13/h10H,4-6H2,1-3H3/b12-8+. The van der Waals surface area contributed by atoms with Gasteiger partial charge in [0.05, 0.1) is 17.7 Å². The average Bonchev–Trinajstić information content (AvgIpc) is 2.14. The lowest BCUT2D eigenvalue weighted by Gasteiger charge is -2.05. The Bertz CT molecular complexity index is 253. The van der Waals surface area contributed by atoms with Gasteiger partial charge in [0.1, 0.15) is 0 Å². The Morgan fingerprint density at radius 3 is 2.64 bits per heavy atom. The summed E-state index contributed by atoms with van der Waals surface area (Å²) in [6, 6.07) is 2.20. The third-order valence-electron chi connectivity index (χ3n) is 1.69. The maximum Gasteiger partial charge on any atom is 0.331 e. The van der Waals surface area contributed by atoms with Gasteiger partial charge in [-0.05, 0) is 13.3 Å². The lowest BCUT2D eigenvalue weighted by atomic mass is 9.99. The predicted molar refractivity (Wildman–Crippen MR) is 53.5 cm³/mol. The van der Waals surface area contributed by atoms with Crippen LogP contribution in [0.2, 0.25) is 0 Å². The van der Waals surface area contributed by atoms with Gasteiger partial charge in [0.25, 0.3) is 0 Å². The molecular weight excluding hydrogens is 180 g/mol. The molecule has 0 radical (unpaired) electrons. The molecule has 0 aliphatic carbocycles. The van der Waals surface area contributed by atoms with Crippen molar-refractivity contribution in [2.24, 2.45) is 11.1 Å². The molecule has 0 aromatic rings. The Labute approximate surface area is 84.5 Å². The van der Waals surface area contributed by atoms with Crippen LogP contribution in [0.4, 0.5) is 0 Å². The lowest BCUT2D eigenvalue weighted by molar-refractivity contribution is -0.140. The summed E-state index contributed by atoms with van der Waals surface area (Å²) >= 11 is 0. The Morgan fingerprint density at radius 2 is 2.21 bits per heavy atom. The van der Waals surface area contributed by atoms with Gasteiger partial charge in [-0.25, -0.2) is 4.79 Å². The summed E-state index contributed by atoms with van der Waals surface area (Å²) in [5.41, 5.74) is 0.681. The van der Waals surface area contributed by atoms with E-state index < -0.39 is 5.97 Å². The zero-order valence-corrected chi connectivity index (χ0v) is 8.91. The minimum absolute atomic E-state index is 0.0284. The number of nitriles is 1. The van der Waals surface area contributed by atoms with Gasteiger partial charge in [0, 0.05) is 13.3 Å². The fraction of sp³-hybridized carbons (Fsp3) is 0.700. The monoisotopic (exact) mass is 196 g/mol. The zero-order chi connectivity index (χ0) is 11.0. The first-order valence-corrected chi connectivity index (χ1v) is 4.70. The van der Waals surface area contributed by atoms with Crippen LogP contribution in [0, 0.1) is 17.2 Å². The molecule has 78 valence electrons.